The fourth-order valence-electron chi connectivity index (χ4n) is 0. The van der Waals surface area contributed by atoms with E-state index in [4.69, 9.17) is 0 Å². The molecule has 1 radical (unpaired) electrons. The third-order valence-electron chi connectivity index (χ3n) is 0. The van der Waals surface area contributed by atoms with Crippen LogP contribution >= 0.6 is 0 Å². The summed E-state index contributed by atoms with van der Waals surface area (Å²) in [4.78, 5) is 0. The molecule has 0 amide bonds. The normalized spacial score (nSPS) is 0. The second-order valence-electron chi connectivity index (χ2n) is 0. The van der Waals surface area contributed by atoms with Crippen molar-refractivity contribution in [1.29, 1.82) is 0 Å². The predicted octanol–water partition coefficient (Wildman–Crippen LogP) is -0.0100. The quantitative estimate of drug-likeness (QED) is 0.535. The molecule has 0 aliphatic heterocycles. The van der Waals surface area contributed by atoms with Gasteiger partial charge in [0.05, 0.1) is 0 Å². The van der Waals surface area contributed by atoms with E-state index < -0.39 is 0 Å². The Bertz CT molecular complexity index is 8.00. The molecule has 0 saturated heterocycles. The van der Waals surface area contributed by atoms with Crippen LogP contribution in [0.5, 0.6) is 0 Å². The van der Waals surface area contributed by atoms with Gasteiger partial charge in [0.1, 0.15) is 0 Å². The molecule has 0 aromatic carbocycles. The Hall–Kier alpha value is 2.48. The maximum atomic E-state index is 0. The molecule has 0 N–H and O–H groups in total. The van der Waals surface area contributed by atoms with Crippen LogP contribution in [0.2, 0.25) is 0 Å². The Morgan fingerprint density at radius 3 is 1.00 bits per heavy atom. The number of hydrogen-bond acceptors (Lipinski definition) is 0. The van der Waals surface area contributed by atoms with Crippen molar-refractivity contribution in [3.8, 4) is 0 Å². The minimum Gasteiger partial charge on any atom is 0 e. The Kier molecular flexibility index (Phi) is 141. The Morgan fingerprint density at radius 2 is 1.00 bits per heavy atom. The summed E-state index contributed by atoms with van der Waals surface area (Å²) < 4.78 is 0. The summed E-state index contributed by atoms with van der Waals surface area (Å²) in [7, 11) is 0. The molecule has 0 aliphatic carbocycles. The molecule has 0 bridgehead atoms. The van der Waals surface area contributed by atoms with Gasteiger partial charge in [0, 0.05) is 78.3 Å². The second kappa shape index (κ2) is 17.9. The van der Waals surface area contributed by atoms with Crippen LogP contribution in [0, 0.1) is 0 Å². The minimum atomic E-state index is 0. The van der Waals surface area contributed by atoms with Crippen molar-refractivity contribution >= 4 is 0 Å². The molecule has 0 aromatic heterocycles. The average Bonchev–Trinajstić information content (AvgIpc) is 0. The first kappa shape index (κ1) is 31.6. The summed E-state index contributed by atoms with van der Waals surface area (Å²) in [5.41, 5.74) is 0. The van der Waals surface area contributed by atoms with Gasteiger partial charge in [0.25, 0.3) is 0 Å². The van der Waals surface area contributed by atoms with Gasteiger partial charge < -0.3 is 0 Å². The molecule has 0 spiro atoms. The van der Waals surface area contributed by atoms with Crippen LogP contribution in [0.4, 0.5) is 0 Å². The van der Waals surface area contributed by atoms with Crippen LogP contribution in [0.25, 0.3) is 0 Å². The van der Waals surface area contributed by atoms with Gasteiger partial charge in [-0.15, -0.1) is 0 Å². The van der Waals surface area contributed by atoms with Gasteiger partial charge in [0.2, 0.25) is 0 Å². The van der Waals surface area contributed by atoms with Crippen LogP contribution in [0.1, 0.15) is 0 Å². The molecule has 0 nitrogen and oxygen atoms in total. The number of hydrogen-bond donors (Lipinski definition) is 0. The smallest absolute Gasteiger partial charge is 0 e. The monoisotopic (exact) mass is 255 g/mol. The van der Waals surface area contributed by atoms with E-state index in [9.17, 15) is 0 Å². The molecule has 27 valence electrons. The van der Waals surface area contributed by atoms with Gasteiger partial charge in [-0.3, -0.25) is 0 Å². The van der Waals surface area contributed by atoms with Gasteiger partial charge in [-0.1, -0.05) is 0 Å². The SMILES string of the molecule is [Fe].[Ni].[V].[Zr]. The van der Waals surface area contributed by atoms with E-state index in [1.54, 1.807) is 0 Å². The van der Waals surface area contributed by atoms with Gasteiger partial charge >= 0.3 is 0 Å². The first-order chi connectivity index (χ1) is 0. The Balaban J connectivity index is 0. The third kappa shape index (κ3) is 8.82. The molecule has 0 rings (SSSR count). The fraction of sp³-hybridized carbons (Fsp3) is 0. The maximum Gasteiger partial charge on any atom is 0 e. The largest absolute Gasteiger partial charge is 0 e. The van der Waals surface area contributed by atoms with Crippen molar-refractivity contribution in [2.24, 2.45) is 0 Å². The molecule has 0 aliphatic rings. The van der Waals surface area contributed by atoms with Gasteiger partial charge in [-0.05, 0) is 0 Å². The second-order valence-corrected chi connectivity index (χ2v) is 0. The van der Waals surface area contributed by atoms with Crippen molar-refractivity contribution in [3.05, 3.63) is 0 Å². The molecule has 4 heavy (non-hydrogen) atoms. The minimum absolute atomic E-state index is 0. The summed E-state index contributed by atoms with van der Waals surface area (Å²) in [5, 5.41) is 0. The van der Waals surface area contributed by atoms with E-state index in [-0.39, 0.29) is 78.3 Å². The van der Waals surface area contributed by atoms with E-state index in [1.807, 2.05) is 0 Å². The first-order valence-corrected chi connectivity index (χ1v) is 0. The zero-order chi connectivity index (χ0) is 0. The molecule has 0 aromatic rings. The molecular formula is FeNiVZr. The molecule has 0 unspecified atom stereocenters. The fourth-order valence-corrected chi connectivity index (χ4v) is 0. The zero-order valence-corrected chi connectivity index (χ0v) is 7.56. The molecule has 0 saturated carbocycles. The van der Waals surface area contributed by atoms with Gasteiger partial charge in [-0.2, -0.15) is 0 Å². The molecular weight excluding hydrogens is 257 g/mol. The van der Waals surface area contributed by atoms with Crippen LogP contribution in [-0.2, 0) is 78.3 Å². The standard InChI is InChI=1S/Fe.Ni.V.Zr. The van der Waals surface area contributed by atoms with E-state index in [0.717, 1.165) is 0 Å². The van der Waals surface area contributed by atoms with Crippen LogP contribution < -0.4 is 0 Å². The summed E-state index contributed by atoms with van der Waals surface area (Å²) >= 11 is 0. The van der Waals surface area contributed by atoms with Gasteiger partial charge in [0.15, 0.2) is 0 Å². The van der Waals surface area contributed by atoms with Crippen LogP contribution in [0.3, 0.4) is 0 Å². The zero-order valence-electron chi connectivity index (χ0n) is 1.62. The van der Waals surface area contributed by atoms with Crippen LogP contribution in [-0.4, -0.2) is 0 Å². The summed E-state index contributed by atoms with van der Waals surface area (Å²) in [6.07, 6.45) is 0. The molecule has 0 fully saturated rings. The number of rotatable bonds is 0. The van der Waals surface area contributed by atoms with Gasteiger partial charge in [-0.25, -0.2) is 0 Å². The Morgan fingerprint density at radius 1 is 1.00 bits per heavy atom. The first-order valence-electron chi connectivity index (χ1n) is 0. The van der Waals surface area contributed by atoms with Crippen molar-refractivity contribution in [2.45, 2.75) is 0 Å². The Labute approximate surface area is 77.3 Å². The van der Waals surface area contributed by atoms with E-state index in [2.05, 4.69) is 0 Å². The van der Waals surface area contributed by atoms with E-state index in [1.165, 1.54) is 0 Å². The van der Waals surface area contributed by atoms with E-state index >= 15 is 0 Å². The third-order valence-corrected chi connectivity index (χ3v) is 0. The van der Waals surface area contributed by atoms with Crippen molar-refractivity contribution < 1.29 is 78.3 Å². The maximum absolute atomic E-state index is 0. The summed E-state index contributed by atoms with van der Waals surface area (Å²) in [6.45, 7) is 0. The van der Waals surface area contributed by atoms with Crippen LogP contribution in [0.15, 0.2) is 0 Å². The molecule has 0 atom stereocenters. The van der Waals surface area contributed by atoms with Crippen molar-refractivity contribution in [3.63, 3.8) is 0 Å². The van der Waals surface area contributed by atoms with Crippen molar-refractivity contribution in [1.82, 2.24) is 0 Å². The topological polar surface area (TPSA) is 0 Å². The summed E-state index contributed by atoms with van der Waals surface area (Å²) in [6, 6.07) is 0. The average molecular weight is 257 g/mol. The predicted molar refractivity (Wildman–Crippen MR) is 0 cm³/mol. The van der Waals surface area contributed by atoms with E-state index in [0.29, 0.717) is 0 Å². The molecule has 4 heteroatoms. The summed E-state index contributed by atoms with van der Waals surface area (Å²) in [5.74, 6) is 0. The molecule has 0 heterocycles. The van der Waals surface area contributed by atoms with Crippen molar-refractivity contribution in [2.75, 3.05) is 0 Å².